The predicted molar refractivity (Wildman–Crippen MR) is 61.7 cm³/mol. The highest BCUT2D eigenvalue weighted by Gasteiger charge is 2.28. The minimum Gasteiger partial charge on any atom is -0.391 e. The Bertz CT molecular complexity index is 589. The summed E-state index contributed by atoms with van der Waals surface area (Å²) in [5.41, 5.74) is 6.63. The predicted octanol–water partition coefficient (Wildman–Crippen LogP) is -0.0743. The van der Waals surface area contributed by atoms with Gasteiger partial charge in [-0.15, -0.1) is 0 Å². The summed E-state index contributed by atoms with van der Waals surface area (Å²) in [5, 5.41) is 8.98. The Morgan fingerprint density at radius 3 is 3.11 bits per heavy atom. The normalized spacial score (nSPS) is 23.9. The van der Waals surface area contributed by atoms with E-state index in [1.807, 2.05) is 0 Å². The second-order valence-electron chi connectivity index (χ2n) is 3.74. The van der Waals surface area contributed by atoms with E-state index in [4.69, 9.17) is 31.9 Å². The number of rotatable bonds is 2. The number of imidazole rings is 1. The lowest BCUT2D eigenvalue weighted by molar-refractivity contribution is -0.0980. The highest BCUT2D eigenvalue weighted by molar-refractivity contribution is 6.28. The summed E-state index contributed by atoms with van der Waals surface area (Å²) in [5.74, 6) is 0.210. The Morgan fingerprint density at radius 2 is 2.39 bits per heavy atom. The van der Waals surface area contributed by atoms with E-state index in [1.165, 1.54) is 6.33 Å². The van der Waals surface area contributed by atoms with Crippen LogP contribution in [0.1, 0.15) is 6.23 Å². The zero-order chi connectivity index (χ0) is 12.7. The first-order valence-corrected chi connectivity index (χ1v) is 5.60. The number of anilines is 1. The Balaban J connectivity index is 2.03. The summed E-state index contributed by atoms with van der Waals surface area (Å²) < 4.78 is 12.3. The van der Waals surface area contributed by atoms with Crippen LogP contribution in [-0.2, 0) is 9.47 Å². The van der Waals surface area contributed by atoms with E-state index < -0.39 is 12.5 Å². The number of aliphatic hydroxyl groups is 1. The zero-order valence-corrected chi connectivity index (χ0v) is 9.91. The fourth-order valence-electron chi connectivity index (χ4n) is 1.81. The van der Waals surface area contributed by atoms with Crippen LogP contribution in [0.15, 0.2) is 6.33 Å². The molecule has 2 aromatic heterocycles. The van der Waals surface area contributed by atoms with Gasteiger partial charge in [0.2, 0.25) is 5.28 Å². The van der Waals surface area contributed by atoms with Gasteiger partial charge in [0.1, 0.15) is 5.52 Å². The van der Waals surface area contributed by atoms with Gasteiger partial charge in [-0.05, 0) is 11.6 Å². The molecule has 1 aliphatic heterocycles. The van der Waals surface area contributed by atoms with E-state index in [9.17, 15) is 0 Å². The maximum absolute atomic E-state index is 8.94. The molecule has 3 N–H and O–H groups in total. The van der Waals surface area contributed by atoms with Crippen molar-refractivity contribution < 1.29 is 14.6 Å². The van der Waals surface area contributed by atoms with Gasteiger partial charge in [0.25, 0.3) is 0 Å². The van der Waals surface area contributed by atoms with Crippen LogP contribution in [0.3, 0.4) is 0 Å². The molecule has 0 aromatic carbocycles. The largest absolute Gasteiger partial charge is 0.391 e. The summed E-state index contributed by atoms with van der Waals surface area (Å²) in [6, 6.07) is 0. The van der Waals surface area contributed by atoms with Gasteiger partial charge in [-0.1, -0.05) is 0 Å². The topological polar surface area (TPSA) is 108 Å². The monoisotopic (exact) mass is 271 g/mol. The summed E-state index contributed by atoms with van der Waals surface area (Å²) in [4.78, 5) is 12.0. The maximum atomic E-state index is 8.94. The fraction of sp³-hybridized carbons (Fsp3) is 0.444. The summed E-state index contributed by atoms with van der Waals surface area (Å²) in [7, 11) is 0. The Labute approximate surface area is 106 Å². The smallest absolute Gasteiger partial charge is 0.226 e. The van der Waals surface area contributed by atoms with Crippen molar-refractivity contribution in [2.24, 2.45) is 0 Å². The molecular formula is C9H10ClN5O3. The molecule has 18 heavy (non-hydrogen) atoms. The number of aliphatic hydroxyl groups excluding tert-OH is 1. The van der Waals surface area contributed by atoms with Gasteiger partial charge in [-0.25, -0.2) is 4.98 Å². The number of nitrogens with zero attached hydrogens (tertiary/aromatic N) is 4. The van der Waals surface area contributed by atoms with Crippen LogP contribution in [0.4, 0.5) is 5.82 Å². The first-order chi connectivity index (χ1) is 8.69. The van der Waals surface area contributed by atoms with E-state index >= 15 is 0 Å². The third-order valence-electron chi connectivity index (χ3n) is 2.61. The highest BCUT2D eigenvalue weighted by atomic mass is 35.5. The van der Waals surface area contributed by atoms with E-state index in [1.54, 1.807) is 4.57 Å². The van der Waals surface area contributed by atoms with Gasteiger partial charge < -0.3 is 20.3 Å². The van der Waals surface area contributed by atoms with Crippen molar-refractivity contribution in [2.45, 2.75) is 12.5 Å². The van der Waals surface area contributed by atoms with E-state index in [0.717, 1.165) is 0 Å². The number of nitrogens with two attached hydrogens (primary N) is 1. The van der Waals surface area contributed by atoms with E-state index in [-0.39, 0.29) is 24.3 Å². The zero-order valence-electron chi connectivity index (χ0n) is 9.15. The van der Waals surface area contributed by atoms with Crippen molar-refractivity contribution in [1.82, 2.24) is 19.5 Å². The molecule has 0 unspecified atom stereocenters. The minimum atomic E-state index is -0.637. The van der Waals surface area contributed by atoms with Crippen LogP contribution in [-0.4, -0.2) is 44.1 Å². The quantitative estimate of drug-likeness (QED) is 0.736. The number of hydrogen-bond acceptors (Lipinski definition) is 7. The minimum absolute atomic E-state index is 0.0411. The van der Waals surface area contributed by atoms with Crippen molar-refractivity contribution in [1.29, 1.82) is 0 Å². The average Bonchev–Trinajstić information content (AvgIpc) is 2.93. The van der Waals surface area contributed by atoms with Gasteiger partial charge in [-0.3, -0.25) is 4.57 Å². The lowest BCUT2D eigenvalue weighted by Crippen LogP contribution is -2.15. The molecule has 0 aliphatic carbocycles. The molecule has 3 rings (SSSR count). The van der Waals surface area contributed by atoms with Gasteiger partial charge in [0, 0.05) is 0 Å². The number of hydrogen-bond donors (Lipinski definition) is 2. The number of aromatic nitrogens is 4. The molecule has 2 aromatic rings. The third kappa shape index (κ3) is 1.79. The number of nitrogen functional groups attached to an aromatic ring is 1. The van der Waals surface area contributed by atoms with Gasteiger partial charge >= 0.3 is 0 Å². The van der Waals surface area contributed by atoms with Crippen molar-refractivity contribution >= 4 is 28.6 Å². The molecule has 96 valence electrons. The van der Waals surface area contributed by atoms with Gasteiger partial charge in [-0.2, -0.15) is 9.97 Å². The number of ether oxygens (including phenoxy) is 2. The molecule has 0 amide bonds. The SMILES string of the molecule is Nc1nc(Cl)nc2c1ncn2[C@H]1CO[C@@H](CO)O1. The highest BCUT2D eigenvalue weighted by Crippen LogP contribution is 2.26. The molecule has 0 spiro atoms. The van der Waals surface area contributed by atoms with Crippen LogP contribution < -0.4 is 5.73 Å². The summed E-state index contributed by atoms with van der Waals surface area (Å²) in [6.45, 7) is 0.0826. The molecular weight excluding hydrogens is 262 g/mol. The molecule has 2 atom stereocenters. The summed E-state index contributed by atoms with van der Waals surface area (Å²) >= 11 is 5.76. The molecule has 1 aliphatic rings. The van der Waals surface area contributed by atoms with Crippen LogP contribution in [0.25, 0.3) is 11.2 Å². The van der Waals surface area contributed by atoms with Gasteiger partial charge in [0.15, 0.2) is 24.0 Å². The fourth-order valence-corrected chi connectivity index (χ4v) is 1.98. The molecule has 1 saturated heterocycles. The van der Waals surface area contributed by atoms with Crippen molar-refractivity contribution in [3.63, 3.8) is 0 Å². The molecule has 0 radical (unpaired) electrons. The second-order valence-corrected chi connectivity index (χ2v) is 4.08. The molecule has 3 heterocycles. The van der Waals surface area contributed by atoms with Crippen LogP contribution in [0.5, 0.6) is 0 Å². The molecule has 0 saturated carbocycles. The van der Waals surface area contributed by atoms with Crippen LogP contribution in [0.2, 0.25) is 5.28 Å². The molecule has 9 heteroatoms. The second kappa shape index (κ2) is 4.32. The number of fused-ring (bicyclic) bond motifs is 1. The standard InChI is InChI=1S/C9H10ClN5O3/c10-9-13-7(11)6-8(14-9)15(3-12-6)4-2-17-5(1-16)18-4/h3-5,16H,1-2H2,(H2,11,13,14)/t4-,5-/m1/s1. The lowest BCUT2D eigenvalue weighted by atomic mass is 10.5. The van der Waals surface area contributed by atoms with E-state index in [0.29, 0.717) is 11.2 Å². The van der Waals surface area contributed by atoms with Crippen molar-refractivity contribution in [3.05, 3.63) is 11.6 Å². The maximum Gasteiger partial charge on any atom is 0.226 e. The molecule has 0 bridgehead atoms. The number of halogens is 1. The Morgan fingerprint density at radius 1 is 1.56 bits per heavy atom. The van der Waals surface area contributed by atoms with Gasteiger partial charge in [0.05, 0.1) is 19.5 Å². The van der Waals surface area contributed by atoms with Crippen molar-refractivity contribution in [3.8, 4) is 0 Å². The average molecular weight is 272 g/mol. The first kappa shape index (κ1) is 11.6. The first-order valence-electron chi connectivity index (χ1n) is 5.22. The van der Waals surface area contributed by atoms with E-state index in [2.05, 4.69) is 15.0 Å². The third-order valence-corrected chi connectivity index (χ3v) is 2.78. The molecule has 8 nitrogen and oxygen atoms in total. The lowest BCUT2D eigenvalue weighted by Gasteiger charge is -2.11. The van der Waals surface area contributed by atoms with Crippen LogP contribution >= 0.6 is 11.6 Å². The summed E-state index contributed by atoms with van der Waals surface area (Å²) in [6.07, 6.45) is 0.472. The van der Waals surface area contributed by atoms with Crippen molar-refractivity contribution in [2.75, 3.05) is 18.9 Å². The Hall–Kier alpha value is -1.48. The Kier molecular flexibility index (Phi) is 2.78. The molecule has 1 fully saturated rings. The van der Waals surface area contributed by atoms with Crippen LogP contribution in [0, 0.1) is 0 Å².